The molecule has 122 valence electrons. The molecule has 2 heterocycles. The Hall–Kier alpha value is -1.53. The number of aryl methyl sites for hydroxylation is 1. The zero-order valence-corrected chi connectivity index (χ0v) is 13.5. The minimum atomic E-state index is -0.379. The number of hydrogen-bond donors (Lipinski definition) is 1. The van der Waals surface area contributed by atoms with Gasteiger partial charge in [0.2, 0.25) is 5.91 Å². The van der Waals surface area contributed by atoms with Gasteiger partial charge in [0.15, 0.2) is 0 Å². The Balaban J connectivity index is 1.92. The van der Waals surface area contributed by atoms with Crippen LogP contribution in [0.25, 0.3) is 0 Å². The van der Waals surface area contributed by atoms with Crippen LogP contribution in [0.3, 0.4) is 0 Å². The van der Waals surface area contributed by atoms with Crippen LogP contribution in [0.2, 0.25) is 0 Å². The van der Waals surface area contributed by atoms with E-state index in [2.05, 4.69) is 20.2 Å². The van der Waals surface area contributed by atoms with Gasteiger partial charge in [-0.15, -0.1) is 0 Å². The fourth-order valence-electron chi connectivity index (χ4n) is 3.18. The average Bonchev–Trinajstić information content (AvgIpc) is 2.91. The Bertz CT molecular complexity index is 468. The van der Waals surface area contributed by atoms with Crippen molar-refractivity contribution in [3.63, 3.8) is 0 Å². The van der Waals surface area contributed by atoms with E-state index in [-0.39, 0.29) is 11.4 Å². The highest BCUT2D eigenvalue weighted by atomic mass is 16.5. The zero-order chi connectivity index (χ0) is 15.8. The molecule has 0 radical (unpaired) electrons. The van der Waals surface area contributed by atoms with E-state index in [0.29, 0.717) is 13.2 Å². The fraction of sp³-hybridized carbons (Fsp3) is 0.688. The molecule has 0 spiro atoms. The molecule has 1 aliphatic rings. The van der Waals surface area contributed by atoms with Gasteiger partial charge in [-0.25, -0.2) is 0 Å². The normalized spacial score (nSPS) is 21.9. The Morgan fingerprint density at radius 3 is 3.00 bits per heavy atom. The fourth-order valence-corrected chi connectivity index (χ4v) is 3.18. The summed E-state index contributed by atoms with van der Waals surface area (Å²) in [7, 11) is 3.69. The van der Waals surface area contributed by atoms with Gasteiger partial charge in [-0.3, -0.25) is 19.7 Å². The molecule has 1 aromatic rings. The first kappa shape index (κ1) is 16.8. The molecule has 1 N–H and O–H groups in total. The Kier molecular flexibility index (Phi) is 6.27. The summed E-state index contributed by atoms with van der Waals surface area (Å²) in [4.78, 5) is 23.2. The van der Waals surface area contributed by atoms with Crippen LogP contribution in [0, 0.1) is 0 Å². The maximum Gasteiger partial charge on any atom is 0.240 e. The number of ether oxygens (including phenoxy) is 1. The SMILES string of the molecule is COCCNC(=O)C1(CCCc2cnccn2)CCCN1C. The van der Waals surface area contributed by atoms with Gasteiger partial charge in [-0.2, -0.15) is 0 Å². The lowest BCUT2D eigenvalue weighted by Gasteiger charge is -2.35. The second kappa shape index (κ2) is 8.19. The lowest BCUT2D eigenvalue weighted by atomic mass is 9.88. The maximum absolute atomic E-state index is 12.7. The van der Waals surface area contributed by atoms with Gasteiger partial charge < -0.3 is 10.1 Å². The molecular formula is C16H26N4O2. The molecule has 1 unspecified atom stereocenters. The summed E-state index contributed by atoms with van der Waals surface area (Å²) in [6, 6.07) is 0. The minimum Gasteiger partial charge on any atom is -0.383 e. The van der Waals surface area contributed by atoms with Gasteiger partial charge in [0.1, 0.15) is 5.54 Å². The molecule has 1 atom stereocenters. The van der Waals surface area contributed by atoms with E-state index in [1.54, 1.807) is 25.7 Å². The first-order valence-electron chi connectivity index (χ1n) is 7.92. The van der Waals surface area contributed by atoms with Crippen molar-refractivity contribution in [1.29, 1.82) is 0 Å². The van der Waals surface area contributed by atoms with E-state index >= 15 is 0 Å². The maximum atomic E-state index is 12.7. The van der Waals surface area contributed by atoms with Crippen LogP contribution in [0.1, 0.15) is 31.4 Å². The summed E-state index contributed by atoms with van der Waals surface area (Å²) in [6.45, 7) is 2.09. The van der Waals surface area contributed by atoms with E-state index in [0.717, 1.165) is 44.3 Å². The van der Waals surface area contributed by atoms with E-state index in [1.165, 1.54) is 0 Å². The van der Waals surface area contributed by atoms with Gasteiger partial charge >= 0.3 is 0 Å². The zero-order valence-electron chi connectivity index (χ0n) is 13.5. The topological polar surface area (TPSA) is 67.3 Å². The van der Waals surface area contributed by atoms with Crippen LogP contribution >= 0.6 is 0 Å². The molecule has 6 nitrogen and oxygen atoms in total. The van der Waals surface area contributed by atoms with E-state index in [4.69, 9.17) is 4.74 Å². The van der Waals surface area contributed by atoms with Crippen molar-refractivity contribution >= 4 is 5.91 Å². The van der Waals surface area contributed by atoms with Crippen LogP contribution in [0.5, 0.6) is 0 Å². The summed E-state index contributed by atoms with van der Waals surface area (Å²) in [5.41, 5.74) is 0.605. The molecule has 0 aromatic carbocycles. The standard InChI is InChI=1S/C16H26N4O2/c1-20-11-4-7-16(20,15(21)19-10-12-22-2)6-3-5-14-13-17-8-9-18-14/h8-9,13H,3-7,10-12H2,1-2H3,(H,19,21). The number of nitrogens with one attached hydrogen (secondary N) is 1. The number of likely N-dealkylation sites (N-methyl/N-ethyl adjacent to an activating group) is 1. The molecule has 1 aromatic heterocycles. The van der Waals surface area contributed by atoms with Gasteiger partial charge in [-0.05, 0) is 45.7 Å². The molecule has 22 heavy (non-hydrogen) atoms. The Morgan fingerprint density at radius 2 is 2.36 bits per heavy atom. The van der Waals surface area contributed by atoms with Crippen molar-refractivity contribution in [3.8, 4) is 0 Å². The Labute approximate surface area is 132 Å². The van der Waals surface area contributed by atoms with Crippen molar-refractivity contribution in [2.45, 2.75) is 37.6 Å². The predicted molar refractivity (Wildman–Crippen MR) is 84.5 cm³/mol. The number of methoxy groups -OCH3 is 1. The quantitative estimate of drug-likeness (QED) is 0.727. The van der Waals surface area contributed by atoms with E-state index in [9.17, 15) is 4.79 Å². The third-order valence-corrected chi connectivity index (χ3v) is 4.47. The highest BCUT2D eigenvalue weighted by Crippen LogP contribution is 2.33. The number of rotatable bonds is 8. The third kappa shape index (κ3) is 4.01. The average molecular weight is 306 g/mol. The van der Waals surface area contributed by atoms with E-state index in [1.807, 2.05) is 7.05 Å². The second-order valence-corrected chi connectivity index (χ2v) is 5.86. The molecule has 1 saturated heterocycles. The highest BCUT2D eigenvalue weighted by molar-refractivity contribution is 5.86. The lowest BCUT2D eigenvalue weighted by Crippen LogP contribution is -2.54. The first-order chi connectivity index (χ1) is 10.7. The predicted octanol–water partition coefficient (Wildman–Crippen LogP) is 1.03. The first-order valence-corrected chi connectivity index (χ1v) is 7.92. The number of carbonyl (C=O) groups is 1. The monoisotopic (exact) mass is 306 g/mol. The van der Waals surface area contributed by atoms with Gasteiger partial charge in [0.25, 0.3) is 0 Å². The number of nitrogens with zero attached hydrogens (tertiary/aromatic N) is 3. The van der Waals surface area contributed by atoms with Gasteiger partial charge in [0.05, 0.1) is 12.3 Å². The molecule has 1 amide bonds. The van der Waals surface area contributed by atoms with Gasteiger partial charge in [0, 0.05) is 32.2 Å². The molecule has 0 bridgehead atoms. The molecule has 6 heteroatoms. The smallest absolute Gasteiger partial charge is 0.240 e. The second-order valence-electron chi connectivity index (χ2n) is 5.86. The van der Waals surface area contributed by atoms with Crippen molar-refractivity contribution in [3.05, 3.63) is 24.3 Å². The van der Waals surface area contributed by atoms with Crippen LogP contribution in [0.15, 0.2) is 18.6 Å². The summed E-state index contributed by atoms with van der Waals surface area (Å²) in [5.74, 6) is 0.128. The summed E-state index contributed by atoms with van der Waals surface area (Å²) >= 11 is 0. The number of hydrogen-bond acceptors (Lipinski definition) is 5. The Morgan fingerprint density at radius 1 is 1.50 bits per heavy atom. The minimum absolute atomic E-state index is 0.128. The number of likely N-dealkylation sites (tertiary alicyclic amines) is 1. The van der Waals surface area contributed by atoms with Crippen molar-refractivity contribution in [2.24, 2.45) is 0 Å². The van der Waals surface area contributed by atoms with Crippen LogP contribution in [-0.4, -0.2) is 60.2 Å². The van der Waals surface area contributed by atoms with Crippen molar-refractivity contribution in [1.82, 2.24) is 20.2 Å². The van der Waals surface area contributed by atoms with Crippen LogP contribution in [0.4, 0.5) is 0 Å². The largest absolute Gasteiger partial charge is 0.383 e. The lowest BCUT2D eigenvalue weighted by molar-refractivity contribution is -0.132. The van der Waals surface area contributed by atoms with E-state index < -0.39 is 0 Å². The molecule has 0 aliphatic carbocycles. The molecule has 0 saturated carbocycles. The van der Waals surface area contributed by atoms with Crippen molar-refractivity contribution < 1.29 is 9.53 Å². The summed E-state index contributed by atoms with van der Waals surface area (Å²) in [5, 5.41) is 3.01. The molecule has 1 aliphatic heterocycles. The third-order valence-electron chi connectivity index (χ3n) is 4.47. The summed E-state index contributed by atoms with van der Waals surface area (Å²) in [6.07, 6.45) is 9.81. The summed E-state index contributed by atoms with van der Waals surface area (Å²) < 4.78 is 5.01. The number of amides is 1. The molecule has 1 fully saturated rings. The number of aromatic nitrogens is 2. The molecule has 2 rings (SSSR count). The van der Waals surface area contributed by atoms with Crippen LogP contribution in [-0.2, 0) is 16.0 Å². The van der Waals surface area contributed by atoms with Crippen LogP contribution < -0.4 is 5.32 Å². The van der Waals surface area contributed by atoms with Crippen molar-refractivity contribution in [2.75, 3.05) is 33.9 Å². The van der Waals surface area contributed by atoms with Gasteiger partial charge in [-0.1, -0.05) is 0 Å². The molecular weight excluding hydrogens is 280 g/mol. The highest BCUT2D eigenvalue weighted by Gasteiger charge is 2.44. The number of carbonyl (C=O) groups excluding carboxylic acids is 1.